The van der Waals surface area contributed by atoms with E-state index in [0.29, 0.717) is 5.69 Å². The summed E-state index contributed by atoms with van der Waals surface area (Å²) in [5.41, 5.74) is 14.3. The first-order chi connectivity index (χ1) is 12.1. The maximum Gasteiger partial charge on any atom is 0.222 e. The van der Waals surface area contributed by atoms with Gasteiger partial charge in [0.2, 0.25) is 5.95 Å². The summed E-state index contributed by atoms with van der Waals surface area (Å²) in [5.74, 6) is 0.187. The Balaban J connectivity index is 1.78. The molecule has 0 unspecified atom stereocenters. The lowest BCUT2D eigenvalue weighted by Gasteiger charge is -2.20. The second-order valence-corrected chi connectivity index (χ2v) is 6.43. The van der Waals surface area contributed by atoms with Crippen molar-refractivity contribution in [3.8, 4) is 17.3 Å². The van der Waals surface area contributed by atoms with E-state index in [0.717, 1.165) is 38.3 Å². The lowest BCUT2D eigenvalue weighted by molar-refractivity contribution is 0.269. The fraction of sp³-hybridized carbons (Fsp3) is 0.389. The van der Waals surface area contributed by atoms with Crippen LogP contribution in [0.15, 0.2) is 24.3 Å². The number of likely N-dealkylation sites (N-methyl/N-ethyl adjacent to an activating group) is 1. The van der Waals surface area contributed by atoms with Crippen molar-refractivity contribution in [2.24, 2.45) is 0 Å². The number of hydrogen-bond donors (Lipinski definition) is 2. The third-order valence-corrected chi connectivity index (χ3v) is 4.51. The van der Waals surface area contributed by atoms with E-state index in [2.05, 4.69) is 45.0 Å². The lowest BCUT2D eigenvalue weighted by Crippen LogP contribution is -2.28. The van der Waals surface area contributed by atoms with Gasteiger partial charge in [0.05, 0.1) is 5.69 Å². The molecule has 0 aliphatic carbocycles. The Morgan fingerprint density at radius 1 is 1.08 bits per heavy atom. The third-order valence-electron chi connectivity index (χ3n) is 4.51. The Kier molecular flexibility index (Phi) is 5.12. The molecule has 1 saturated heterocycles. The highest BCUT2D eigenvalue weighted by atomic mass is 15.2. The van der Waals surface area contributed by atoms with Crippen molar-refractivity contribution in [2.75, 3.05) is 44.7 Å². The first-order valence-electron chi connectivity index (χ1n) is 8.40. The van der Waals surface area contributed by atoms with E-state index < -0.39 is 0 Å². The molecule has 2 aromatic rings. The summed E-state index contributed by atoms with van der Waals surface area (Å²) in [6.07, 6.45) is 1.19. The minimum atomic E-state index is 0.0734. The van der Waals surface area contributed by atoms with Crippen LogP contribution in [0.2, 0.25) is 0 Å². The summed E-state index contributed by atoms with van der Waals surface area (Å²) in [7, 11) is 2.17. The Labute approximate surface area is 147 Å². The van der Waals surface area contributed by atoms with Gasteiger partial charge in [-0.3, -0.25) is 4.90 Å². The van der Waals surface area contributed by atoms with Crippen molar-refractivity contribution in [2.45, 2.75) is 13.0 Å². The van der Waals surface area contributed by atoms with Gasteiger partial charge in [0.25, 0.3) is 0 Å². The molecule has 0 atom stereocenters. The first kappa shape index (κ1) is 17.1. The molecule has 3 rings (SSSR count). The van der Waals surface area contributed by atoms with Crippen molar-refractivity contribution in [3.05, 3.63) is 35.4 Å². The summed E-state index contributed by atoms with van der Waals surface area (Å²) in [6, 6.07) is 10.1. The zero-order valence-corrected chi connectivity index (χ0v) is 14.4. The molecule has 0 bridgehead atoms. The molecule has 2 heterocycles. The zero-order chi connectivity index (χ0) is 17.8. The van der Waals surface area contributed by atoms with Crippen molar-refractivity contribution in [3.63, 3.8) is 0 Å². The molecule has 0 spiro atoms. The Hall–Kier alpha value is -2.69. The highest BCUT2D eigenvalue weighted by Gasteiger charge is 2.15. The third kappa shape index (κ3) is 4.05. The number of nitrogens with zero attached hydrogens (tertiary/aromatic N) is 5. The maximum absolute atomic E-state index is 9.31. The van der Waals surface area contributed by atoms with Crippen molar-refractivity contribution in [1.29, 1.82) is 5.26 Å². The van der Waals surface area contributed by atoms with E-state index in [9.17, 15) is 5.26 Å². The molecular weight excluding hydrogens is 314 g/mol. The summed E-state index contributed by atoms with van der Waals surface area (Å²) < 4.78 is 0. The molecule has 1 fully saturated rings. The summed E-state index contributed by atoms with van der Waals surface area (Å²) in [4.78, 5) is 12.9. The van der Waals surface area contributed by atoms with Crippen LogP contribution in [-0.4, -0.2) is 53.0 Å². The second-order valence-electron chi connectivity index (χ2n) is 6.43. The molecule has 7 heteroatoms. The highest BCUT2D eigenvalue weighted by molar-refractivity contribution is 5.73. The largest absolute Gasteiger partial charge is 0.382 e. The number of benzene rings is 1. The predicted molar refractivity (Wildman–Crippen MR) is 98.4 cm³/mol. The monoisotopic (exact) mass is 337 g/mol. The second kappa shape index (κ2) is 7.47. The van der Waals surface area contributed by atoms with Crippen LogP contribution in [0.3, 0.4) is 0 Å². The van der Waals surface area contributed by atoms with E-state index in [4.69, 9.17) is 11.5 Å². The number of hydrogen-bond acceptors (Lipinski definition) is 7. The summed E-state index contributed by atoms with van der Waals surface area (Å²) in [6.45, 7) is 5.37. The van der Waals surface area contributed by atoms with Crippen LogP contribution in [0.4, 0.5) is 11.8 Å². The van der Waals surface area contributed by atoms with Gasteiger partial charge in [-0.05, 0) is 32.1 Å². The molecule has 1 aliphatic heterocycles. The van der Waals surface area contributed by atoms with E-state index >= 15 is 0 Å². The smallest absolute Gasteiger partial charge is 0.222 e. The number of anilines is 2. The molecule has 7 nitrogen and oxygen atoms in total. The first-order valence-corrected chi connectivity index (χ1v) is 8.40. The summed E-state index contributed by atoms with van der Waals surface area (Å²) >= 11 is 0. The van der Waals surface area contributed by atoms with Crippen molar-refractivity contribution < 1.29 is 0 Å². The minimum absolute atomic E-state index is 0.0734. The number of nitriles is 1. The molecular formula is C18H23N7. The average molecular weight is 337 g/mol. The van der Waals surface area contributed by atoms with Crippen LogP contribution in [0.1, 0.15) is 17.5 Å². The quantitative estimate of drug-likeness (QED) is 0.869. The minimum Gasteiger partial charge on any atom is -0.382 e. The van der Waals surface area contributed by atoms with Crippen molar-refractivity contribution in [1.82, 2.24) is 19.8 Å². The van der Waals surface area contributed by atoms with Gasteiger partial charge in [-0.15, -0.1) is 0 Å². The highest BCUT2D eigenvalue weighted by Crippen LogP contribution is 2.25. The van der Waals surface area contributed by atoms with Gasteiger partial charge in [-0.1, -0.05) is 24.3 Å². The molecule has 1 aromatic carbocycles. The molecule has 0 radical (unpaired) electrons. The zero-order valence-electron chi connectivity index (χ0n) is 14.4. The van der Waals surface area contributed by atoms with Gasteiger partial charge in [0, 0.05) is 25.2 Å². The van der Waals surface area contributed by atoms with Crippen LogP contribution < -0.4 is 11.5 Å². The number of rotatable bonds is 3. The average Bonchev–Trinajstić information content (AvgIpc) is 2.79. The van der Waals surface area contributed by atoms with Crippen LogP contribution >= 0.6 is 0 Å². The number of nitrogens with two attached hydrogens (primary N) is 2. The molecule has 0 saturated carbocycles. The van der Waals surface area contributed by atoms with E-state index in [-0.39, 0.29) is 17.3 Å². The molecule has 0 amide bonds. The number of aromatic nitrogens is 2. The summed E-state index contributed by atoms with van der Waals surface area (Å²) in [5, 5.41) is 9.31. The number of nitrogen functional groups attached to an aromatic ring is 2. The van der Waals surface area contributed by atoms with E-state index in [1.807, 2.05) is 12.1 Å². The van der Waals surface area contributed by atoms with Crippen LogP contribution in [0.25, 0.3) is 11.3 Å². The van der Waals surface area contributed by atoms with Crippen LogP contribution in [0, 0.1) is 11.3 Å². The molecule has 25 heavy (non-hydrogen) atoms. The van der Waals surface area contributed by atoms with Crippen LogP contribution in [-0.2, 0) is 6.54 Å². The van der Waals surface area contributed by atoms with Gasteiger partial charge in [-0.25, -0.2) is 4.98 Å². The van der Waals surface area contributed by atoms with E-state index in [1.54, 1.807) is 0 Å². The Morgan fingerprint density at radius 2 is 1.84 bits per heavy atom. The van der Waals surface area contributed by atoms with E-state index in [1.165, 1.54) is 12.0 Å². The fourth-order valence-electron chi connectivity index (χ4n) is 3.10. The van der Waals surface area contributed by atoms with Gasteiger partial charge in [0.1, 0.15) is 17.5 Å². The predicted octanol–water partition coefficient (Wildman–Crippen LogP) is 1.32. The Bertz CT molecular complexity index is 779. The van der Waals surface area contributed by atoms with Crippen molar-refractivity contribution >= 4 is 11.8 Å². The Morgan fingerprint density at radius 3 is 2.56 bits per heavy atom. The standard InChI is InChI=1S/C18H23N7/c1-24-7-2-8-25(10-9-24)12-13-3-5-14(6-4-13)16-15(11-19)17(20)23-18(21)22-16/h3-6H,2,7-10,12H2,1H3,(H4,20,21,22,23). The molecule has 1 aromatic heterocycles. The van der Waals surface area contributed by atoms with Gasteiger partial charge >= 0.3 is 0 Å². The topological polar surface area (TPSA) is 108 Å². The fourth-order valence-corrected chi connectivity index (χ4v) is 3.10. The molecule has 1 aliphatic rings. The van der Waals surface area contributed by atoms with Gasteiger partial charge < -0.3 is 16.4 Å². The normalized spacial score (nSPS) is 16.3. The van der Waals surface area contributed by atoms with Crippen LogP contribution in [0.5, 0.6) is 0 Å². The molecule has 4 N–H and O–H groups in total. The van der Waals surface area contributed by atoms with Gasteiger partial charge in [-0.2, -0.15) is 10.2 Å². The van der Waals surface area contributed by atoms with Gasteiger partial charge in [0.15, 0.2) is 0 Å². The lowest BCUT2D eigenvalue weighted by atomic mass is 10.0. The molecule has 130 valence electrons. The maximum atomic E-state index is 9.31. The SMILES string of the molecule is CN1CCCN(Cc2ccc(-c3nc(N)nc(N)c3C#N)cc2)CC1.